The Morgan fingerprint density at radius 3 is 2.32 bits per heavy atom. The molecule has 164 valence electrons. The summed E-state index contributed by atoms with van der Waals surface area (Å²) in [5.41, 5.74) is 0. The summed E-state index contributed by atoms with van der Waals surface area (Å²) in [6.45, 7) is -1.21. The maximum absolute atomic E-state index is 14.0. The molecule has 11 nitrogen and oxygen atoms in total. The molecule has 0 bridgehead atoms. The predicted molar refractivity (Wildman–Crippen MR) is 95.6 cm³/mol. The van der Waals surface area contributed by atoms with E-state index in [4.69, 9.17) is 19.3 Å². The molecule has 0 aromatic rings. The number of halogens is 2. The van der Waals surface area contributed by atoms with E-state index in [-0.39, 0.29) is 0 Å². The van der Waals surface area contributed by atoms with Crippen LogP contribution in [0.25, 0.3) is 0 Å². The van der Waals surface area contributed by atoms with Gasteiger partial charge in [0.15, 0.2) is 0 Å². The number of ether oxygens (including phenoxy) is 2. The fourth-order valence-corrected chi connectivity index (χ4v) is 3.98. The van der Waals surface area contributed by atoms with Gasteiger partial charge >= 0.3 is 15.6 Å². The molecule has 1 rings (SSSR count). The first-order chi connectivity index (χ1) is 12.8. The molecule has 4 N–H and O–H groups in total. The van der Waals surface area contributed by atoms with Crippen LogP contribution < -0.4 is 0 Å². The Morgan fingerprint density at radius 2 is 1.86 bits per heavy atom. The van der Waals surface area contributed by atoms with Crippen LogP contribution >= 0.6 is 15.6 Å². The molecule has 1 heterocycles. The average Bonchev–Trinajstić information content (AvgIpc) is 2.82. The summed E-state index contributed by atoms with van der Waals surface area (Å²) in [5.74, 6) is 0. The second-order valence-corrected chi connectivity index (χ2v) is 8.95. The highest BCUT2D eigenvalue weighted by atomic mass is 31.2. The summed E-state index contributed by atoms with van der Waals surface area (Å²) >= 11 is 0. The highest BCUT2D eigenvalue weighted by Crippen LogP contribution is 2.47. The number of hydrogen-bond acceptors (Lipinski definition) is 8. The number of rotatable bonds is 12. The Hall–Kier alpha value is 0.0899. The fourth-order valence-electron chi connectivity index (χ4n) is 2.48. The SMILES string of the molecule is B[C@@H]1OC(COP(=O)(O)OC(CF)C(CO)O[C@@H](B)C)[C@H](OP(=O)(O)O)C1F. The van der Waals surface area contributed by atoms with Crippen molar-refractivity contribution in [2.45, 2.75) is 49.5 Å². The number of aliphatic hydroxyl groups excluding tert-OH is 1. The molecule has 5 unspecified atom stereocenters. The summed E-state index contributed by atoms with van der Waals surface area (Å²) in [5, 5.41) is 9.24. The minimum Gasteiger partial charge on any atom is -0.394 e. The van der Waals surface area contributed by atoms with Crippen molar-refractivity contribution in [3.05, 3.63) is 0 Å². The van der Waals surface area contributed by atoms with Crippen molar-refractivity contribution < 1.29 is 60.7 Å². The van der Waals surface area contributed by atoms with E-state index >= 15 is 0 Å². The molecule has 0 radical (unpaired) electrons. The molecule has 0 spiro atoms. The van der Waals surface area contributed by atoms with Crippen molar-refractivity contribution in [1.82, 2.24) is 0 Å². The van der Waals surface area contributed by atoms with Crippen molar-refractivity contribution >= 4 is 31.3 Å². The van der Waals surface area contributed by atoms with E-state index in [1.54, 1.807) is 14.8 Å². The zero-order valence-corrected chi connectivity index (χ0v) is 17.2. The Balaban J connectivity index is 2.74. The zero-order chi connectivity index (χ0) is 21.7. The van der Waals surface area contributed by atoms with E-state index in [0.717, 1.165) is 0 Å². The van der Waals surface area contributed by atoms with Gasteiger partial charge in [0.1, 0.15) is 53.0 Å². The number of phosphoric acid groups is 2. The first kappa shape index (κ1) is 26.1. The molecule has 28 heavy (non-hydrogen) atoms. The van der Waals surface area contributed by atoms with Gasteiger partial charge in [0.25, 0.3) is 0 Å². The monoisotopic (exact) mass is 454 g/mol. The van der Waals surface area contributed by atoms with Crippen LogP contribution in [-0.2, 0) is 32.2 Å². The van der Waals surface area contributed by atoms with Crippen molar-refractivity contribution in [2.75, 3.05) is 19.9 Å². The Morgan fingerprint density at radius 1 is 1.25 bits per heavy atom. The van der Waals surface area contributed by atoms with Gasteiger partial charge in [0.2, 0.25) is 0 Å². The van der Waals surface area contributed by atoms with E-state index in [2.05, 4.69) is 13.6 Å². The number of phosphoric ester groups is 2. The second kappa shape index (κ2) is 10.9. The van der Waals surface area contributed by atoms with Crippen LogP contribution in [0.1, 0.15) is 6.92 Å². The number of aliphatic hydroxyl groups is 1. The maximum atomic E-state index is 14.0. The molecule has 0 aliphatic carbocycles. The molecule has 0 saturated carbocycles. The van der Waals surface area contributed by atoms with Crippen LogP contribution in [0, 0.1) is 0 Å². The van der Waals surface area contributed by atoms with Crippen molar-refractivity contribution in [3.63, 3.8) is 0 Å². The van der Waals surface area contributed by atoms with Gasteiger partial charge in [-0.25, -0.2) is 17.9 Å². The van der Waals surface area contributed by atoms with E-state index in [1.165, 1.54) is 7.85 Å². The lowest BCUT2D eigenvalue weighted by Gasteiger charge is -2.27. The Bertz CT molecular complexity index is 583. The van der Waals surface area contributed by atoms with E-state index in [9.17, 15) is 27.9 Å². The van der Waals surface area contributed by atoms with Gasteiger partial charge < -0.3 is 29.3 Å². The standard InChI is InChI=1S/C11H24B2F2O11P2/c1-5(12)23-7(3-16)6(2-14)25-28(20,21)22-4-8-10(26-27(17,18)19)9(15)11(13)24-8/h5-11,16H,2-4,12-13H2,1H3,(H,20,21)(H2,17,18,19)/t5-,6?,7?,8?,9?,10+,11-/m1/s1. The highest BCUT2D eigenvalue weighted by molar-refractivity contribution is 7.47. The van der Waals surface area contributed by atoms with Gasteiger partial charge in [-0.15, -0.1) is 0 Å². The fraction of sp³-hybridized carbons (Fsp3) is 1.00. The Kier molecular flexibility index (Phi) is 10.2. The lowest BCUT2D eigenvalue weighted by atomic mass is 9.94. The van der Waals surface area contributed by atoms with Gasteiger partial charge in [-0.1, -0.05) is 0 Å². The largest absolute Gasteiger partial charge is 0.472 e. The summed E-state index contributed by atoms with van der Waals surface area (Å²) in [6, 6.07) is -1.56. The van der Waals surface area contributed by atoms with Crippen LogP contribution in [0.2, 0.25) is 0 Å². The number of hydrogen-bond donors (Lipinski definition) is 4. The van der Waals surface area contributed by atoms with Crippen LogP contribution in [0.3, 0.4) is 0 Å². The van der Waals surface area contributed by atoms with E-state index in [0.29, 0.717) is 0 Å². The third kappa shape index (κ3) is 8.45. The zero-order valence-electron chi connectivity index (χ0n) is 15.5. The average molecular weight is 454 g/mol. The molecule has 0 amide bonds. The predicted octanol–water partition coefficient (Wildman–Crippen LogP) is -2.01. The van der Waals surface area contributed by atoms with Gasteiger partial charge in [0, 0.05) is 6.00 Å². The summed E-state index contributed by atoms with van der Waals surface area (Å²) in [6.07, 6.45) is -8.02. The topological polar surface area (TPSA) is 161 Å². The maximum Gasteiger partial charge on any atom is 0.472 e. The molecule has 1 saturated heterocycles. The van der Waals surface area contributed by atoms with Crippen molar-refractivity contribution in [2.24, 2.45) is 0 Å². The lowest BCUT2D eigenvalue weighted by Crippen LogP contribution is -2.38. The molecule has 0 aromatic carbocycles. The van der Waals surface area contributed by atoms with Crippen molar-refractivity contribution in [1.29, 1.82) is 0 Å². The number of alkyl halides is 2. The molecular weight excluding hydrogens is 430 g/mol. The minimum atomic E-state index is -5.07. The third-order valence-corrected chi connectivity index (χ3v) is 5.17. The van der Waals surface area contributed by atoms with Crippen LogP contribution in [0.5, 0.6) is 0 Å². The summed E-state index contributed by atoms with van der Waals surface area (Å²) < 4.78 is 74.2. The molecule has 17 heteroatoms. The smallest absolute Gasteiger partial charge is 0.394 e. The molecule has 1 fully saturated rings. The van der Waals surface area contributed by atoms with Gasteiger partial charge in [-0.3, -0.25) is 13.6 Å². The Labute approximate surface area is 162 Å². The van der Waals surface area contributed by atoms with Crippen LogP contribution in [0.15, 0.2) is 0 Å². The molecule has 1 aliphatic heterocycles. The third-order valence-electron chi connectivity index (χ3n) is 3.64. The molecular formula is C11H24B2F2O11P2. The van der Waals surface area contributed by atoms with Crippen LogP contribution in [-0.4, -0.2) is 98.0 Å². The minimum absolute atomic E-state index is 0.436. The van der Waals surface area contributed by atoms with Crippen LogP contribution in [0.4, 0.5) is 8.78 Å². The van der Waals surface area contributed by atoms with Crippen molar-refractivity contribution in [3.8, 4) is 0 Å². The van der Waals surface area contributed by atoms with Gasteiger partial charge in [-0.2, -0.15) is 0 Å². The van der Waals surface area contributed by atoms with Gasteiger partial charge in [0.05, 0.1) is 19.2 Å². The first-order valence-corrected chi connectivity index (χ1v) is 11.3. The normalized spacial score (nSPS) is 31.2. The molecule has 8 atom stereocenters. The first-order valence-electron chi connectivity index (χ1n) is 8.31. The van der Waals surface area contributed by atoms with Gasteiger partial charge in [-0.05, 0) is 6.92 Å². The highest BCUT2D eigenvalue weighted by Gasteiger charge is 2.47. The quantitative estimate of drug-likeness (QED) is 0.191. The summed E-state index contributed by atoms with van der Waals surface area (Å²) in [4.78, 5) is 27.5. The van der Waals surface area contributed by atoms with E-state index in [1.807, 2.05) is 0 Å². The van der Waals surface area contributed by atoms with E-state index < -0.39 is 78.1 Å². The molecule has 0 aromatic heterocycles. The summed E-state index contributed by atoms with van der Waals surface area (Å²) in [7, 11) is -7.13. The molecule has 1 aliphatic rings. The second-order valence-electron chi connectivity index (χ2n) is 6.35. The lowest BCUT2D eigenvalue weighted by molar-refractivity contribution is -0.0794.